The third-order valence-electron chi connectivity index (χ3n) is 5.20. The third-order valence-corrected chi connectivity index (χ3v) is 6.20. The molecule has 8 nitrogen and oxygen atoms in total. The first-order valence-corrected chi connectivity index (χ1v) is 11.3. The van der Waals surface area contributed by atoms with Crippen LogP contribution in [0.5, 0.6) is 11.5 Å². The van der Waals surface area contributed by atoms with Crippen molar-refractivity contribution in [2.24, 2.45) is 0 Å². The quantitative estimate of drug-likeness (QED) is 0.305. The van der Waals surface area contributed by atoms with Crippen molar-refractivity contribution in [3.8, 4) is 34.4 Å². The predicted molar refractivity (Wildman–Crippen MR) is 121 cm³/mol. The van der Waals surface area contributed by atoms with E-state index in [9.17, 15) is 0 Å². The van der Waals surface area contributed by atoms with Gasteiger partial charge in [0.25, 0.3) is 0 Å². The predicted octanol–water partition coefficient (Wildman–Crippen LogP) is 5.26. The molecule has 0 spiro atoms. The van der Waals surface area contributed by atoms with E-state index >= 15 is 0 Å². The van der Waals surface area contributed by atoms with Crippen molar-refractivity contribution < 1.29 is 18.4 Å². The topological polar surface area (TPSA) is 88.3 Å². The monoisotopic (exact) mass is 458 g/mol. The van der Waals surface area contributed by atoms with Crippen LogP contribution < -0.4 is 9.47 Å². The molecule has 0 fully saturated rings. The maximum absolute atomic E-state index is 5.55. The average molecular weight is 458 g/mol. The lowest BCUT2D eigenvalue weighted by atomic mass is 10.2. The second kappa shape index (κ2) is 8.51. The Labute approximate surface area is 193 Å². The van der Waals surface area contributed by atoms with Crippen molar-refractivity contribution >= 4 is 11.8 Å². The number of thioether (sulfide) groups is 1. The molecule has 0 unspecified atom stereocenters. The van der Waals surface area contributed by atoms with Crippen molar-refractivity contribution in [1.82, 2.24) is 19.9 Å². The highest BCUT2D eigenvalue weighted by Crippen LogP contribution is 2.34. The number of hydrogen-bond donors (Lipinski definition) is 0. The molecule has 0 saturated heterocycles. The van der Waals surface area contributed by atoms with Crippen molar-refractivity contribution in [1.29, 1.82) is 0 Å². The zero-order chi connectivity index (χ0) is 22.0. The highest BCUT2D eigenvalue weighted by molar-refractivity contribution is 7.98. The Hall–Kier alpha value is -3.98. The van der Waals surface area contributed by atoms with Crippen LogP contribution in [0.4, 0.5) is 0 Å². The molecule has 0 bridgehead atoms. The smallest absolute Gasteiger partial charge is 0.231 e. The lowest BCUT2D eigenvalue weighted by Gasteiger charge is -2.11. The molecule has 164 valence electrons. The molecular formula is C24H18N4O4S. The maximum atomic E-state index is 5.55. The van der Waals surface area contributed by atoms with Crippen molar-refractivity contribution in [2.75, 3.05) is 6.79 Å². The summed E-state index contributed by atoms with van der Waals surface area (Å²) in [4.78, 5) is 0. The summed E-state index contributed by atoms with van der Waals surface area (Å²) in [6.45, 7) is 0.839. The maximum Gasteiger partial charge on any atom is 0.231 e. The molecule has 5 aromatic rings. The molecule has 3 aromatic heterocycles. The molecular weight excluding hydrogens is 440 g/mol. The summed E-state index contributed by atoms with van der Waals surface area (Å²) in [5, 5.41) is 13.9. The summed E-state index contributed by atoms with van der Waals surface area (Å²) in [7, 11) is 0. The average Bonchev–Trinajstić information content (AvgIpc) is 3.65. The van der Waals surface area contributed by atoms with Crippen molar-refractivity contribution in [3.63, 3.8) is 0 Å². The number of nitrogens with zero attached hydrogens (tertiary/aromatic N) is 4. The van der Waals surface area contributed by atoms with Gasteiger partial charge in [-0.2, -0.15) is 0 Å². The van der Waals surface area contributed by atoms with Crippen LogP contribution in [0.3, 0.4) is 0 Å². The van der Waals surface area contributed by atoms with Gasteiger partial charge in [-0.25, -0.2) is 0 Å². The van der Waals surface area contributed by atoms with Crippen LogP contribution in [-0.4, -0.2) is 26.7 Å². The molecule has 2 aromatic carbocycles. The fourth-order valence-electron chi connectivity index (χ4n) is 3.61. The first-order valence-electron chi connectivity index (χ1n) is 10.3. The number of ether oxygens (including phenoxy) is 2. The Morgan fingerprint density at radius 2 is 1.79 bits per heavy atom. The summed E-state index contributed by atoms with van der Waals surface area (Å²) in [5.41, 5.74) is 2.86. The van der Waals surface area contributed by atoms with E-state index in [0.717, 1.165) is 39.3 Å². The first kappa shape index (κ1) is 19.7. The number of benzene rings is 2. The molecule has 0 radical (unpaired) electrons. The Morgan fingerprint density at radius 3 is 2.67 bits per heavy atom. The summed E-state index contributed by atoms with van der Waals surface area (Å²) in [6.07, 6.45) is 1.61. The van der Waals surface area contributed by atoms with E-state index in [4.69, 9.17) is 18.4 Å². The third kappa shape index (κ3) is 3.98. The van der Waals surface area contributed by atoms with Gasteiger partial charge in [0.05, 0.1) is 18.5 Å². The summed E-state index contributed by atoms with van der Waals surface area (Å²) in [6, 6.07) is 21.5. The Kier molecular flexibility index (Phi) is 5.08. The minimum atomic E-state index is 0.249. The van der Waals surface area contributed by atoms with Gasteiger partial charge in [0.15, 0.2) is 28.2 Å². The molecule has 33 heavy (non-hydrogen) atoms. The van der Waals surface area contributed by atoms with E-state index in [2.05, 4.69) is 19.9 Å². The molecule has 9 heteroatoms. The largest absolute Gasteiger partial charge is 0.461 e. The SMILES string of the molecule is c1ccc(-c2nnc(SCc3cc(-c4ccco4)on3)n2Cc2ccc3c(c2)OCO3)cc1. The van der Waals surface area contributed by atoms with Gasteiger partial charge in [-0.05, 0) is 29.8 Å². The van der Waals surface area contributed by atoms with E-state index in [1.807, 2.05) is 66.7 Å². The van der Waals surface area contributed by atoms with E-state index in [1.54, 1.807) is 18.0 Å². The van der Waals surface area contributed by atoms with E-state index in [0.29, 0.717) is 23.8 Å². The molecule has 0 atom stereocenters. The molecule has 0 aliphatic carbocycles. The molecule has 4 heterocycles. The van der Waals surface area contributed by atoms with Crippen LogP contribution in [0.25, 0.3) is 22.9 Å². The van der Waals surface area contributed by atoms with Gasteiger partial charge in [-0.1, -0.05) is 53.3 Å². The summed E-state index contributed by atoms with van der Waals surface area (Å²) >= 11 is 1.55. The van der Waals surface area contributed by atoms with E-state index in [-0.39, 0.29) is 6.79 Å². The second-order valence-corrected chi connectivity index (χ2v) is 8.34. The Bertz CT molecular complexity index is 1380. The minimum Gasteiger partial charge on any atom is -0.461 e. The van der Waals surface area contributed by atoms with E-state index < -0.39 is 0 Å². The van der Waals surface area contributed by atoms with Crippen molar-refractivity contribution in [2.45, 2.75) is 17.5 Å². The van der Waals surface area contributed by atoms with Crippen LogP contribution in [0.15, 0.2) is 87.1 Å². The van der Waals surface area contributed by atoms with Gasteiger partial charge in [-0.3, -0.25) is 4.57 Å². The highest BCUT2D eigenvalue weighted by Gasteiger charge is 2.18. The zero-order valence-corrected chi connectivity index (χ0v) is 18.2. The molecule has 6 rings (SSSR count). The zero-order valence-electron chi connectivity index (χ0n) is 17.4. The Balaban J connectivity index is 1.28. The fraction of sp³-hybridized carbons (Fsp3) is 0.125. The normalized spacial score (nSPS) is 12.4. The van der Waals surface area contributed by atoms with Crippen molar-refractivity contribution in [3.05, 3.63) is 84.3 Å². The fourth-order valence-corrected chi connectivity index (χ4v) is 4.43. The van der Waals surface area contributed by atoms with Gasteiger partial charge in [0.2, 0.25) is 12.6 Å². The van der Waals surface area contributed by atoms with Crippen LogP contribution in [-0.2, 0) is 12.3 Å². The van der Waals surface area contributed by atoms with E-state index in [1.165, 1.54) is 0 Å². The number of rotatable bonds is 7. The number of hydrogen-bond acceptors (Lipinski definition) is 8. The minimum absolute atomic E-state index is 0.249. The van der Waals surface area contributed by atoms with Gasteiger partial charge in [-0.15, -0.1) is 10.2 Å². The lowest BCUT2D eigenvalue weighted by molar-refractivity contribution is 0.174. The second-order valence-electron chi connectivity index (χ2n) is 7.39. The van der Waals surface area contributed by atoms with Crippen LogP contribution in [0, 0.1) is 0 Å². The Morgan fingerprint density at radius 1 is 0.879 bits per heavy atom. The lowest BCUT2D eigenvalue weighted by Crippen LogP contribution is -2.04. The van der Waals surface area contributed by atoms with Crippen LogP contribution in [0.2, 0.25) is 0 Å². The standard InChI is InChI=1S/C24H18N4O4S/c1-2-5-17(6-3-1)23-25-26-24(28(23)13-16-8-9-20-21(11-16)31-15-30-20)33-14-18-12-22(32-27-18)19-7-4-10-29-19/h1-12H,13-15H2. The molecule has 0 N–H and O–H groups in total. The summed E-state index contributed by atoms with van der Waals surface area (Å²) in [5.74, 6) is 4.15. The number of aromatic nitrogens is 4. The number of fused-ring (bicyclic) bond motifs is 1. The molecule has 0 amide bonds. The van der Waals surface area contributed by atoms with Gasteiger partial charge >= 0.3 is 0 Å². The summed E-state index contributed by atoms with van der Waals surface area (Å²) < 4.78 is 23.9. The molecule has 0 saturated carbocycles. The van der Waals surface area contributed by atoms with Gasteiger partial charge in [0.1, 0.15) is 0 Å². The number of furan rings is 1. The highest BCUT2D eigenvalue weighted by atomic mass is 32.2. The molecule has 1 aliphatic heterocycles. The van der Waals surface area contributed by atoms with Gasteiger partial charge in [0, 0.05) is 17.4 Å². The van der Waals surface area contributed by atoms with Crippen LogP contribution in [0.1, 0.15) is 11.3 Å². The van der Waals surface area contributed by atoms with Gasteiger partial charge < -0.3 is 18.4 Å². The molecule has 1 aliphatic rings. The van der Waals surface area contributed by atoms with Crippen LogP contribution >= 0.6 is 11.8 Å². The first-order chi connectivity index (χ1) is 16.3.